The molecule has 0 N–H and O–H groups in total. The quantitative estimate of drug-likeness (QED) is 0.628. The average molecular weight is 167 g/mol. The Balaban J connectivity index is 2.99. The molecule has 0 fully saturated rings. The molecule has 0 saturated heterocycles. The van der Waals surface area contributed by atoms with E-state index in [1.807, 2.05) is 12.5 Å². The average Bonchev–Trinajstić information content (AvgIpc) is 2.04. The summed E-state index contributed by atoms with van der Waals surface area (Å²) in [6, 6.07) is 2.14. The van der Waals surface area contributed by atoms with Gasteiger partial charge in [-0.2, -0.15) is 0 Å². The Morgan fingerprint density at radius 2 is 2.27 bits per heavy atom. The van der Waals surface area contributed by atoms with Crippen molar-refractivity contribution in [1.82, 2.24) is 4.98 Å². The van der Waals surface area contributed by atoms with Crippen LogP contribution in [0.15, 0.2) is 17.3 Å². The molecule has 0 radical (unpaired) electrons. The maximum Gasteiger partial charge on any atom is 0.0959 e. The molecule has 0 unspecified atom stereocenters. The van der Waals surface area contributed by atoms with E-state index in [0.29, 0.717) is 0 Å². The van der Waals surface area contributed by atoms with Gasteiger partial charge in [0.25, 0.3) is 0 Å². The first-order valence-electron chi connectivity index (χ1n) is 3.77. The highest BCUT2D eigenvalue weighted by atomic mass is 32.2. The first-order valence-corrected chi connectivity index (χ1v) is 5.00. The third-order valence-electron chi connectivity index (χ3n) is 1.78. The molecule has 11 heavy (non-hydrogen) atoms. The second kappa shape index (κ2) is 3.77. The fourth-order valence-electron chi connectivity index (χ4n) is 1.04. The van der Waals surface area contributed by atoms with Gasteiger partial charge >= 0.3 is 0 Å². The largest absolute Gasteiger partial charge is 0.250 e. The van der Waals surface area contributed by atoms with Gasteiger partial charge in [0, 0.05) is 6.20 Å². The lowest BCUT2D eigenvalue weighted by Crippen LogP contribution is -1.89. The van der Waals surface area contributed by atoms with Crippen molar-refractivity contribution < 1.29 is 0 Å². The van der Waals surface area contributed by atoms with E-state index in [2.05, 4.69) is 24.9 Å². The van der Waals surface area contributed by atoms with Crippen molar-refractivity contribution in [1.29, 1.82) is 0 Å². The summed E-state index contributed by atoms with van der Waals surface area (Å²) in [7, 11) is 0. The van der Waals surface area contributed by atoms with Crippen LogP contribution in [-0.2, 0) is 6.42 Å². The summed E-state index contributed by atoms with van der Waals surface area (Å²) >= 11 is 1.69. The number of aryl methyl sites for hydroxylation is 2. The fraction of sp³-hybridized carbons (Fsp3) is 0.444. The monoisotopic (exact) mass is 167 g/mol. The van der Waals surface area contributed by atoms with Crippen LogP contribution in [0.2, 0.25) is 0 Å². The third kappa shape index (κ3) is 1.96. The predicted octanol–water partition coefficient (Wildman–Crippen LogP) is 2.67. The number of hydrogen-bond acceptors (Lipinski definition) is 2. The molecule has 0 amide bonds. The Morgan fingerprint density at radius 1 is 1.55 bits per heavy atom. The Bertz CT molecular complexity index is 245. The summed E-state index contributed by atoms with van der Waals surface area (Å²) in [5.41, 5.74) is 2.70. The lowest BCUT2D eigenvalue weighted by Gasteiger charge is -2.02. The van der Waals surface area contributed by atoms with Crippen LogP contribution in [-0.4, -0.2) is 11.2 Å². The Kier molecular flexibility index (Phi) is 2.94. The third-order valence-corrected chi connectivity index (χ3v) is 2.43. The van der Waals surface area contributed by atoms with Crippen LogP contribution in [0.1, 0.15) is 18.1 Å². The number of rotatable bonds is 2. The van der Waals surface area contributed by atoms with Crippen molar-refractivity contribution in [2.45, 2.75) is 25.3 Å². The first kappa shape index (κ1) is 8.60. The van der Waals surface area contributed by atoms with Crippen LogP contribution in [0.4, 0.5) is 0 Å². The smallest absolute Gasteiger partial charge is 0.0959 e. The normalized spacial score (nSPS) is 10.1. The lowest BCUT2D eigenvalue weighted by molar-refractivity contribution is 1.02. The zero-order chi connectivity index (χ0) is 8.27. The van der Waals surface area contributed by atoms with Gasteiger partial charge in [0.2, 0.25) is 0 Å². The van der Waals surface area contributed by atoms with Crippen molar-refractivity contribution in [2.75, 3.05) is 6.26 Å². The summed E-state index contributed by atoms with van der Waals surface area (Å²) in [4.78, 5) is 4.29. The van der Waals surface area contributed by atoms with E-state index in [4.69, 9.17) is 0 Å². The molecule has 0 aliphatic carbocycles. The van der Waals surface area contributed by atoms with Crippen molar-refractivity contribution in [3.05, 3.63) is 23.4 Å². The van der Waals surface area contributed by atoms with Crippen molar-refractivity contribution in [2.24, 2.45) is 0 Å². The highest BCUT2D eigenvalue weighted by Gasteiger charge is 1.97. The van der Waals surface area contributed by atoms with E-state index in [1.165, 1.54) is 11.1 Å². The summed E-state index contributed by atoms with van der Waals surface area (Å²) in [6.45, 7) is 4.29. The molecule has 1 aromatic rings. The summed E-state index contributed by atoms with van der Waals surface area (Å²) in [5, 5.41) is 1.11. The van der Waals surface area contributed by atoms with Crippen LogP contribution in [0, 0.1) is 6.92 Å². The highest BCUT2D eigenvalue weighted by molar-refractivity contribution is 7.98. The van der Waals surface area contributed by atoms with Crippen LogP contribution in [0.3, 0.4) is 0 Å². The summed E-state index contributed by atoms with van der Waals surface area (Å²) < 4.78 is 0. The van der Waals surface area contributed by atoms with Gasteiger partial charge in [-0.3, -0.25) is 0 Å². The Labute approximate surface area is 72.2 Å². The zero-order valence-electron chi connectivity index (χ0n) is 7.22. The van der Waals surface area contributed by atoms with Crippen LogP contribution in [0.5, 0.6) is 0 Å². The molecule has 1 aromatic heterocycles. The molecule has 0 aromatic carbocycles. The molecule has 0 spiro atoms. The lowest BCUT2D eigenvalue weighted by atomic mass is 10.1. The first-order chi connectivity index (χ1) is 5.27. The molecule has 0 saturated carbocycles. The molecular formula is C9H13NS. The SMILES string of the molecule is CCc1cnc(SC)cc1C. The maximum atomic E-state index is 4.29. The zero-order valence-corrected chi connectivity index (χ0v) is 8.03. The van der Waals surface area contributed by atoms with Gasteiger partial charge in [-0.1, -0.05) is 6.92 Å². The van der Waals surface area contributed by atoms with E-state index in [-0.39, 0.29) is 0 Å². The van der Waals surface area contributed by atoms with Gasteiger partial charge in [0.15, 0.2) is 0 Å². The molecule has 0 atom stereocenters. The van der Waals surface area contributed by atoms with Gasteiger partial charge in [0.1, 0.15) is 0 Å². The van der Waals surface area contributed by atoms with E-state index >= 15 is 0 Å². The molecule has 1 heterocycles. The minimum Gasteiger partial charge on any atom is -0.250 e. The molecule has 0 aliphatic heterocycles. The molecular weight excluding hydrogens is 154 g/mol. The molecule has 0 bridgehead atoms. The summed E-state index contributed by atoms with van der Waals surface area (Å²) in [6.07, 6.45) is 5.10. The van der Waals surface area contributed by atoms with Crippen molar-refractivity contribution in [3.8, 4) is 0 Å². The molecule has 1 nitrogen and oxygen atoms in total. The van der Waals surface area contributed by atoms with Gasteiger partial charge in [-0.25, -0.2) is 4.98 Å². The second-order valence-electron chi connectivity index (χ2n) is 2.51. The standard InChI is InChI=1S/C9H13NS/c1-4-8-6-10-9(11-3)5-7(8)2/h5-6H,4H2,1-3H3. The number of pyridine rings is 1. The van der Waals surface area contributed by atoms with Crippen LogP contribution in [0.25, 0.3) is 0 Å². The van der Waals surface area contributed by atoms with Gasteiger partial charge in [-0.15, -0.1) is 11.8 Å². The number of thioether (sulfide) groups is 1. The van der Waals surface area contributed by atoms with E-state index in [1.54, 1.807) is 11.8 Å². The number of aromatic nitrogens is 1. The maximum absolute atomic E-state index is 4.29. The van der Waals surface area contributed by atoms with Gasteiger partial charge in [0.05, 0.1) is 5.03 Å². The summed E-state index contributed by atoms with van der Waals surface area (Å²) in [5.74, 6) is 0. The Morgan fingerprint density at radius 3 is 2.73 bits per heavy atom. The Hall–Kier alpha value is -0.500. The number of hydrogen-bond donors (Lipinski definition) is 0. The minimum absolute atomic E-state index is 1.08. The van der Waals surface area contributed by atoms with Gasteiger partial charge < -0.3 is 0 Å². The molecule has 2 heteroatoms. The van der Waals surface area contributed by atoms with E-state index in [0.717, 1.165) is 11.4 Å². The fourth-order valence-corrected chi connectivity index (χ4v) is 1.49. The molecule has 1 rings (SSSR count). The minimum atomic E-state index is 1.08. The second-order valence-corrected chi connectivity index (χ2v) is 3.33. The van der Waals surface area contributed by atoms with E-state index in [9.17, 15) is 0 Å². The number of nitrogens with zero attached hydrogens (tertiary/aromatic N) is 1. The highest BCUT2D eigenvalue weighted by Crippen LogP contribution is 2.15. The molecule has 60 valence electrons. The predicted molar refractivity (Wildman–Crippen MR) is 50.1 cm³/mol. The van der Waals surface area contributed by atoms with Crippen LogP contribution < -0.4 is 0 Å². The van der Waals surface area contributed by atoms with Gasteiger partial charge in [-0.05, 0) is 36.8 Å². The van der Waals surface area contributed by atoms with Crippen LogP contribution >= 0.6 is 11.8 Å². The molecule has 0 aliphatic rings. The van der Waals surface area contributed by atoms with Crippen molar-refractivity contribution >= 4 is 11.8 Å². The van der Waals surface area contributed by atoms with E-state index < -0.39 is 0 Å². The van der Waals surface area contributed by atoms with Crippen molar-refractivity contribution in [3.63, 3.8) is 0 Å². The topological polar surface area (TPSA) is 12.9 Å².